The number of amides is 2. The number of piperazine rings is 1. The molecule has 1 saturated heterocycles. The van der Waals surface area contributed by atoms with Crippen molar-refractivity contribution in [1.29, 1.82) is 0 Å². The molecule has 2 heterocycles. The molecule has 1 fully saturated rings. The van der Waals surface area contributed by atoms with Gasteiger partial charge in [0.15, 0.2) is 11.5 Å². The topological polar surface area (TPSA) is 71.1 Å². The highest BCUT2D eigenvalue weighted by Gasteiger charge is 2.25. The number of ether oxygens (including phenoxy) is 2. The monoisotopic (exact) mass is 333 g/mol. The second-order valence-electron chi connectivity index (χ2n) is 6.36. The summed E-state index contributed by atoms with van der Waals surface area (Å²) in [5.41, 5.74) is 0.602. The van der Waals surface area contributed by atoms with Crippen LogP contribution in [0.5, 0.6) is 11.5 Å². The van der Waals surface area contributed by atoms with E-state index in [4.69, 9.17) is 9.47 Å². The van der Waals surface area contributed by atoms with Crippen LogP contribution in [-0.4, -0.2) is 67.2 Å². The van der Waals surface area contributed by atoms with Crippen LogP contribution >= 0.6 is 0 Å². The van der Waals surface area contributed by atoms with Crippen molar-refractivity contribution in [1.82, 2.24) is 15.1 Å². The fourth-order valence-electron chi connectivity index (χ4n) is 2.89. The highest BCUT2D eigenvalue weighted by atomic mass is 16.7. The average Bonchev–Trinajstić information content (AvgIpc) is 3.01. The summed E-state index contributed by atoms with van der Waals surface area (Å²) in [5, 5.41) is 2.89. The van der Waals surface area contributed by atoms with Crippen LogP contribution in [0.15, 0.2) is 18.2 Å². The number of nitrogens with zero attached hydrogens (tertiary/aromatic N) is 2. The van der Waals surface area contributed by atoms with E-state index in [2.05, 4.69) is 10.2 Å². The van der Waals surface area contributed by atoms with E-state index in [-0.39, 0.29) is 24.6 Å². The van der Waals surface area contributed by atoms with Gasteiger partial charge in [0.1, 0.15) is 0 Å². The van der Waals surface area contributed by atoms with Gasteiger partial charge in [0.2, 0.25) is 12.7 Å². The second-order valence-corrected chi connectivity index (χ2v) is 6.36. The lowest BCUT2D eigenvalue weighted by Crippen LogP contribution is -2.51. The van der Waals surface area contributed by atoms with Crippen LogP contribution in [0.1, 0.15) is 24.2 Å². The second kappa shape index (κ2) is 7.09. The van der Waals surface area contributed by atoms with E-state index in [1.54, 1.807) is 18.2 Å². The molecular formula is C17H23N3O4. The summed E-state index contributed by atoms with van der Waals surface area (Å²) >= 11 is 0. The molecule has 0 saturated carbocycles. The van der Waals surface area contributed by atoms with Crippen molar-refractivity contribution in [2.75, 3.05) is 39.5 Å². The number of rotatable bonds is 4. The Morgan fingerprint density at radius 3 is 2.54 bits per heavy atom. The van der Waals surface area contributed by atoms with Crippen LogP contribution < -0.4 is 14.8 Å². The Morgan fingerprint density at radius 1 is 1.12 bits per heavy atom. The highest BCUT2D eigenvalue weighted by Crippen LogP contribution is 2.32. The maximum Gasteiger partial charge on any atom is 0.254 e. The minimum Gasteiger partial charge on any atom is -0.454 e. The van der Waals surface area contributed by atoms with Gasteiger partial charge < -0.3 is 19.7 Å². The van der Waals surface area contributed by atoms with Crippen LogP contribution in [0, 0.1) is 0 Å². The minimum atomic E-state index is -0.0143. The molecule has 24 heavy (non-hydrogen) atoms. The van der Waals surface area contributed by atoms with E-state index >= 15 is 0 Å². The summed E-state index contributed by atoms with van der Waals surface area (Å²) in [6.45, 7) is 7.09. The Hall–Kier alpha value is -2.28. The van der Waals surface area contributed by atoms with E-state index < -0.39 is 0 Å². The number of hydrogen-bond donors (Lipinski definition) is 1. The van der Waals surface area contributed by atoms with Crippen molar-refractivity contribution >= 4 is 11.8 Å². The predicted octanol–water partition coefficient (Wildman–Crippen LogP) is 0.698. The third-order valence-corrected chi connectivity index (χ3v) is 4.10. The lowest BCUT2D eigenvalue weighted by Gasteiger charge is -2.34. The van der Waals surface area contributed by atoms with Gasteiger partial charge in [0.05, 0.1) is 6.54 Å². The Morgan fingerprint density at radius 2 is 1.83 bits per heavy atom. The SMILES string of the molecule is CC(C)NC(=O)CN1CCN(C(=O)c2ccc3c(c2)OCO3)CC1. The molecule has 7 heteroatoms. The van der Waals surface area contributed by atoms with Gasteiger partial charge in [-0.05, 0) is 32.0 Å². The summed E-state index contributed by atoms with van der Waals surface area (Å²) < 4.78 is 10.6. The molecule has 1 aromatic carbocycles. The molecule has 0 unspecified atom stereocenters. The Labute approximate surface area is 141 Å². The van der Waals surface area contributed by atoms with Gasteiger partial charge in [-0.2, -0.15) is 0 Å². The molecule has 130 valence electrons. The van der Waals surface area contributed by atoms with Gasteiger partial charge in [-0.25, -0.2) is 0 Å². The first-order chi connectivity index (χ1) is 11.5. The molecule has 0 radical (unpaired) electrons. The lowest BCUT2D eigenvalue weighted by atomic mass is 10.1. The molecule has 2 aliphatic rings. The van der Waals surface area contributed by atoms with E-state index in [9.17, 15) is 9.59 Å². The van der Waals surface area contributed by atoms with Gasteiger partial charge in [-0.3, -0.25) is 14.5 Å². The summed E-state index contributed by atoms with van der Waals surface area (Å²) in [7, 11) is 0. The number of nitrogens with one attached hydrogen (secondary N) is 1. The number of carbonyl (C=O) groups is 2. The van der Waals surface area contributed by atoms with Crippen LogP contribution in [0.3, 0.4) is 0 Å². The van der Waals surface area contributed by atoms with Crippen LogP contribution in [0.2, 0.25) is 0 Å². The fraction of sp³-hybridized carbons (Fsp3) is 0.529. The van der Waals surface area contributed by atoms with Crippen LogP contribution in [0.25, 0.3) is 0 Å². The lowest BCUT2D eigenvalue weighted by molar-refractivity contribution is -0.123. The maximum atomic E-state index is 12.6. The maximum absolute atomic E-state index is 12.6. The van der Waals surface area contributed by atoms with E-state index in [1.807, 2.05) is 18.7 Å². The Kier molecular flexibility index (Phi) is 4.89. The third-order valence-electron chi connectivity index (χ3n) is 4.10. The van der Waals surface area contributed by atoms with E-state index in [1.165, 1.54) is 0 Å². The number of benzene rings is 1. The first kappa shape index (κ1) is 16.6. The van der Waals surface area contributed by atoms with Crippen molar-refractivity contribution in [2.45, 2.75) is 19.9 Å². The van der Waals surface area contributed by atoms with Gasteiger partial charge in [0.25, 0.3) is 5.91 Å². The summed E-state index contributed by atoms with van der Waals surface area (Å²) in [6, 6.07) is 5.40. The van der Waals surface area contributed by atoms with Gasteiger partial charge in [0, 0.05) is 37.8 Å². The Bertz CT molecular complexity index is 624. The number of carbonyl (C=O) groups excluding carboxylic acids is 2. The van der Waals surface area contributed by atoms with Crippen molar-refractivity contribution < 1.29 is 19.1 Å². The predicted molar refractivity (Wildman–Crippen MR) is 88.2 cm³/mol. The standard InChI is InChI=1S/C17H23N3O4/c1-12(2)18-16(21)10-19-5-7-20(8-6-19)17(22)13-3-4-14-15(9-13)24-11-23-14/h3-4,9,12H,5-8,10-11H2,1-2H3,(H,18,21). The largest absolute Gasteiger partial charge is 0.454 e. The van der Waals surface area contributed by atoms with Gasteiger partial charge in [-0.15, -0.1) is 0 Å². The molecule has 2 aliphatic heterocycles. The molecule has 0 atom stereocenters. The summed E-state index contributed by atoms with van der Waals surface area (Å²) in [5.74, 6) is 1.30. The minimum absolute atomic E-state index is 0.0143. The van der Waals surface area contributed by atoms with Crippen molar-refractivity contribution in [2.24, 2.45) is 0 Å². The zero-order valence-electron chi connectivity index (χ0n) is 14.1. The average molecular weight is 333 g/mol. The molecule has 7 nitrogen and oxygen atoms in total. The molecule has 0 aromatic heterocycles. The molecular weight excluding hydrogens is 310 g/mol. The summed E-state index contributed by atoms with van der Waals surface area (Å²) in [6.07, 6.45) is 0. The van der Waals surface area contributed by atoms with Crippen molar-refractivity contribution in [3.63, 3.8) is 0 Å². The molecule has 3 rings (SSSR count). The fourth-order valence-corrected chi connectivity index (χ4v) is 2.89. The first-order valence-electron chi connectivity index (χ1n) is 8.23. The zero-order valence-corrected chi connectivity index (χ0v) is 14.1. The molecule has 0 bridgehead atoms. The molecule has 1 N–H and O–H groups in total. The first-order valence-corrected chi connectivity index (χ1v) is 8.23. The third kappa shape index (κ3) is 3.79. The van der Waals surface area contributed by atoms with Crippen LogP contribution in [0.4, 0.5) is 0 Å². The summed E-state index contributed by atoms with van der Waals surface area (Å²) in [4.78, 5) is 28.3. The van der Waals surface area contributed by atoms with Crippen molar-refractivity contribution in [3.8, 4) is 11.5 Å². The van der Waals surface area contributed by atoms with Gasteiger partial charge in [-0.1, -0.05) is 0 Å². The normalized spacial score (nSPS) is 17.2. The van der Waals surface area contributed by atoms with Crippen molar-refractivity contribution in [3.05, 3.63) is 23.8 Å². The molecule has 0 aliphatic carbocycles. The Balaban J connectivity index is 1.53. The smallest absolute Gasteiger partial charge is 0.254 e. The van der Waals surface area contributed by atoms with E-state index in [0.29, 0.717) is 49.8 Å². The van der Waals surface area contributed by atoms with Gasteiger partial charge >= 0.3 is 0 Å². The van der Waals surface area contributed by atoms with Crippen LogP contribution in [-0.2, 0) is 4.79 Å². The number of hydrogen-bond acceptors (Lipinski definition) is 5. The quantitative estimate of drug-likeness (QED) is 0.878. The molecule has 1 aromatic rings. The molecule has 0 spiro atoms. The van der Waals surface area contributed by atoms with E-state index in [0.717, 1.165) is 0 Å². The number of fused-ring (bicyclic) bond motifs is 1. The highest BCUT2D eigenvalue weighted by molar-refractivity contribution is 5.95. The zero-order chi connectivity index (χ0) is 17.1. The molecule has 2 amide bonds.